The number of thioether (sulfide) groups is 1. The topological polar surface area (TPSA) is 200 Å². The number of nitro groups is 1. The third kappa shape index (κ3) is 4.80. The van der Waals surface area contributed by atoms with Crippen LogP contribution in [0.1, 0.15) is 11.3 Å². The van der Waals surface area contributed by atoms with Crippen LogP contribution in [0.5, 0.6) is 0 Å². The molecule has 188 valence electrons. The Labute approximate surface area is 210 Å². The summed E-state index contributed by atoms with van der Waals surface area (Å²) in [6, 6.07) is 4.37. The molecule has 2 aromatic rings. The number of ether oxygens (including phenoxy) is 1. The Morgan fingerprint density at radius 2 is 2.11 bits per heavy atom. The lowest BCUT2D eigenvalue weighted by Crippen LogP contribution is -2.71. The van der Waals surface area contributed by atoms with Crippen molar-refractivity contribution in [3.05, 3.63) is 62.5 Å². The van der Waals surface area contributed by atoms with Crippen molar-refractivity contribution in [3.63, 3.8) is 0 Å². The van der Waals surface area contributed by atoms with Crippen LogP contribution in [0, 0.1) is 10.1 Å². The maximum atomic E-state index is 12.9. The van der Waals surface area contributed by atoms with E-state index in [1.807, 2.05) is 0 Å². The van der Waals surface area contributed by atoms with Gasteiger partial charge in [-0.1, -0.05) is 5.16 Å². The van der Waals surface area contributed by atoms with E-state index < -0.39 is 34.1 Å². The Hall–Kier alpha value is -4.18. The minimum atomic E-state index is -1.01. The second-order valence-electron chi connectivity index (χ2n) is 7.35. The summed E-state index contributed by atoms with van der Waals surface area (Å²) in [5.41, 5.74) is 5.64. The van der Waals surface area contributed by atoms with E-state index in [9.17, 15) is 29.6 Å². The van der Waals surface area contributed by atoms with E-state index in [1.165, 1.54) is 36.8 Å². The van der Waals surface area contributed by atoms with E-state index in [-0.39, 0.29) is 46.0 Å². The number of nitrogens with one attached hydrogen (secondary N) is 1. The van der Waals surface area contributed by atoms with Gasteiger partial charge in [-0.15, -0.1) is 23.1 Å². The number of thiazole rings is 1. The highest BCUT2D eigenvalue weighted by atomic mass is 32.2. The molecule has 1 aromatic heterocycles. The summed E-state index contributed by atoms with van der Waals surface area (Å²) >= 11 is 2.24. The summed E-state index contributed by atoms with van der Waals surface area (Å²) in [6.45, 7) is -0.235. The number of nitro benzene ring substituents is 1. The molecule has 1 fully saturated rings. The number of oxime groups is 1. The number of hydrogen-bond donors (Lipinski definition) is 3. The molecule has 16 heteroatoms. The zero-order chi connectivity index (χ0) is 26.0. The fourth-order valence-corrected chi connectivity index (χ4v) is 5.17. The first kappa shape index (κ1) is 24.9. The predicted octanol–water partition coefficient (Wildman–Crippen LogP) is 0.897. The van der Waals surface area contributed by atoms with Gasteiger partial charge in [0.25, 0.3) is 17.5 Å². The molecule has 2 amide bonds. The molecular formula is C20H18N6O8S2. The van der Waals surface area contributed by atoms with Crippen LogP contribution >= 0.6 is 23.1 Å². The van der Waals surface area contributed by atoms with Gasteiger partial charge in [-0.05, 0) is 17.7 Å². The van der Waals surface area contributed by atoms with Gasteiger partial charge in [0.2, 0.25) is 0 Å². The molecule has 2 atom stereocenters. The Kier molecular flexibility index (Phi) is 7.07. The molecule has 2 aliphatic heterocycles. The molecule has 1 aromatic carbocycles. The largest absolute Gasteiger partial charge is 0.509 e. The number of aliphatic hydroxyl groups is 1. The van der Waals surface area contributed by atoms with Crippen LogP contribution in [0.3, 0.4) is 0 Å². The summed E-state index contributed by atoms with van der Waals surface area (Å²) in [4.78, 5) is 58.3. The number of aliphatic hydroxyl groups excluding tert-OH is 1. The third-order valence-electron chi connectivity index (χ3n) is 5.11. The Morgan fingerprint density at radius 3 is 2.72 bits per heavy atom. The molecular weight excluding hydrogens is 516 g/mol. The summed E-state index contributed by atoms with van der Waals surface area (Å²) < 4.78 is 5.21. The number of aromatic nitrogens is 1. The number of nitrogens with zero attached hydrogens (tertiary/aromatic N) is 4. The number of carbonyl (C=O) groups is 3. The van der Waals surface area contributed by atoms with Crippen molar-refractivity contribution in [2.75, 3.05) is 18.6 Å². The van der Waals surface area contributed by atoms with Gasteiger partial charge < -0.3 is 25.7 Å². The van der Waals surface area contributed by atoms with Gasteiger partial charge in [-0.3, -0.25) is 24.6 Å². The summed E-state index contributed by atoms with van der Waals surface area (Å²) in [6.07, 6.45) is 0. The van der Waals surface area contributed by atoms with Crippen molar-refractivity contribution in [1.82, 2.24) is 15.2 Å². The average molecular weight is 535 g/mol. The van der Waals surface area contributed by atoms with Crippen molar-refractivity contribution in [3.8, 4) is 0 Å². The number of carbonyl (C=O) groups excluding carboxylic acids is 3. The molecule has 3 heterocycles. The highest BCUT2D eigenvalue weighted by molar-refractivity contribution is 8.00. The zero-order valence-electron chi connectivity index (χ0n) is 18.4. The van der Waals surface area contributed by atoms with Crippen molar-refractivity contribution in [2.45, 2.75) is 18.0 Å². The fourth-order valence-electron chi connectivity index (χ4n) is 3.43. The number of fused-ring (bicyclic) bond motifs is 1. The molecule has 1 unspecified atom stereocenters. The molecule has 0 radical (unpaired) electrons. The van der Waals surface area contributed by atoms with E-state index >= 15 is 0 Å². The van der Waals surface area contributed by atoms with Gasteiger partial charge in [0.15, 0.2) is 16.5 Å². The summed E-state index contributed by atoms with van der Waals surface area (Å²) in [5.74, 6) is -2.66. The number of rotatable bonds is 8. The SMILES string of the molecule is CON=C(C(=O)NC1C(=O)N2C(C(=O)OCc3ccc([N+](=O)[O-])cc3)=C(O)CS[C@@H]12)c1csc(N)n1. The minimum absolute atomic E-state index is 0.00438. The number of anilines is 1. The van der Waals surface area contributed by atoms with E-state index in [0.717, 1.165) is 28.0 Å². The number of benzene rings is 1. The Balaban J connectivity index is 1.43. The number of nitrogen functional groups attached to an aromatic ring is 1. The van der Waals surface area contributed by atoms with Crippen LogP contribution in [0.15, 0.2) is 46.3 Å². The molecule has 2 aliphatic rings. The molecule has 4 rings (SSSR count). The lowest BCUT2D eigenvalue weighted by atomic mass is 10.0. The number of esters is 1. The van der Waals surface area contributed by atoms with Crippen LogP contribution in [0.4, 0.5) is 10.8 Å². The number of hydrogen-bond acceptors (Lipinski definition) is 13. The smallest absolute Gasteiger partial charge is 0.358 e. The van der Waals surface area contributed by atoms with Gasteiger partial charge >= 0.3 is 5.97 Å². The number of amides is 2. The fraction of sp³-hybridized carbons (Fsp3) is 0.250. The zero-order valence-corrected chi connectivity index (χ0v) is 20.1. The molecule has 0 bridgehead atoms. The van der Waals surface area contributed by atoms with Gasteiger partial charge in [0.1, 0.15) is 36.6 Å². The van der Waals surface area contributed by atoms with Gasteiger partial charge in [-0.2, -0.15) is 0 Å². The molecule has 36 heavy (non-hydrogen) atoms. The minimum Gasteiger partial charge on any atom is -0.509 e. The first-order valence-electron chi connectivity index (χ1n) is 10.1. The first-order valence-corrected chi connectivity index (χ1v) is 12.0. The Morgan fingerprint density at radius 1 is 1.39 bits per heavy atom. The van der Waals surface area contributed by atoms with Gasteiger partial charge in [0, 0.05) is 17.5 Å². The van der Waals surface area contributed by atoms with Crippen molar-refractivity contribution >= 4 is 57.4 Å². The van der Waals surface area contributed by atoms with Gasteiger partial charge in [0.05, 0.1) is 10.7 Å². The lowest BCUT2D eigenvalue weighted by Gasteiger charge is -2.48. The summed E-state index contributed by atoms with van der Waals surface area (Å²) in [7, 11) is 1.25. The average Bonchev–Trinajstić information content (AvgIpc) is 3.29. The van der Waals surface area contributed by atoms with Crippen LogP contribution in [-0.2, 0) is 30.6 Å². The first-order chi connectivity index (χ1) is 17.2. The lowest BCUT2D eigenvalue weighted by molar-refractivity contribution is -0.384. The maximum Gasteiger partial charge on any atom is 0.358 e. The van der Waals surface area contributed by atoms with Crippen LogP contribution in [-0.4, -0.2) is 67.7 Å². The van der Waals surface area contributed by atoms with E-state index in [0.29, 0.717) is 5.56 Å². The summed E-state index contributed by atoms with van der Waals surface area (Å²) in [5, 5.41) is 28.3. The van der Waals surface area contributed by atoms with E-state index in [1.54, 1.807) is 0 Å². The Bertz CT molecular complexity index is 1290. The van der Waals surface area contributed by atoms with E-state index in [2.05, 4.69) is 15.5 Å². The monoisotopic (exact) mass is 534 g/mol. The number of non-ortho nitro benzene ring substituents is 1. The normalized spacial score (nSPS) is 19.3. The molecule has 0 spiro atoms. The quantitative estimate of drug-likeness (QED) is 0.143. The highest BCUT2D eigenvalue weighted by Gasteiger charge is 2.55. The second-order valence-corrected chi connectivity index (χ2v) is 9.34. The third-order valence-corrected chi connectivity index (χ3v) is 7.05. The number of nitrogens with two attached hydrogens (primary N) is 1. The van der Waals surface area contributed by atoms with Gasteiger partial charge in [-0.25, -0.2) is 9.78 Å². The van der Waals surface area contributed by atoms with Crippen molar-refractivity contribution in [1.29, 1.82) is 0 Å². The van der Waals surface area contributed by atoms with E-state index in [4.69, 9.17) is 15.3 Å². The van der Waals surface area contributed by atoms with Crippen LogP contribution in [0.25, 0.3) is 0 Å². The molecule has 0 aliphatic carbocycles. The molecule has 0 saturated carbocycles. The number of β-lactam (4-membered cyclic amide) rings is 1. The van der Waals surface area contributed by atoms with Crippen LogP contribution in [0.2, 0.25) is 0 Å². The molecule has 1 saturated heterocycles. The standard InChI is InChI=1S/C20H18N6O8S2/c1-33-24-13(11-7-36-20(21)22-11)16(28)23-14-17(29)25-15(12(27)8-35-18(14)25)19(30)34-6-9-2-4-10(5-3-9)26(31)32/h2-5,7,14,18,27H,6,8H2,1H3,(H2,21,22)(H,23,28)/t14?,18-/m0/s1. The molecule has 14 nitrogen and oxygen atoms in total. The predicted molar refractivity (Wildman–Crippen MR) is 128 cm³/mol. The molecule has 4 N–H and O–H groups in total. The van der Waals surface area contributed by atoms with Crippen molar-refractivity contribution in [2.24, 2.45) is 5.16 Å². The van der Waals surface area contributed by atoms with Crippen LogP contribution < -0.4 is 11.1 Å². The van der Waals surface area contributed by atoms with Crippen molar-refractivity contribution < 1.29 is 34.0 Å². The highest BCUT2D eigenvalue weighted by Crippen LogP contribution is 2.40. The second kappa shape index (κ2) is 10.2. The maximum absolute atomic E-state index is 12.9.